The zero-order valence-corrected chi connectivity index (χ0v) is 15.9. The Morgan fingerprint density at radius 2 is 2.03 bits per heavy atom. The van der Waals surface area contributed by atoms with Crippen LogP contribution >= 0.6 is 11.8 Å². The Morgan fingerprint density at radius 1 is 1.24 bits per heavy atom. The van der Waals surface area contributed by atoms with Crippen LogP contribution in [0.4, 0.5) is 15.8 Å². The number of hydrogen-bond donors (Lipinski definition) is 1. The van der Waals surface area contributed by atoms with Crippen molar-refractivity contribution in [3.05, 3.63) is 70.0 Å². The number of aryl methyl sites for hydroxylation is 1. The second-order valence-electron chi connectivity index (χ2n) is 6.28. The van der Waals surface area contributed by atoms with Gasteiger partial charge in [0.1, 0.15) is 0 Å². The Kier molecular flexibility index (Phi) is 4.85. The molecule has 10 heteroatoms. The van der Waals surface area contributed by atoms with Gasteiger partial charge >= 0.3 is 5.69 Å². The van der Waals surface area contributed by atoms with Gasteiger partial charge in [-0.15, -0.1) is 10.2 Å². The van der Waals surface area contributed by atoms with Crippen LogP contribution in [0.1, 0.15) is 5.56 Å². The van der Waals surface area contributed by atoms with Crippen molar-refractivity contribution in [3.8, 4) is 0 Å². The number of thioether (sulfide) groups is 1. The summed E-state index contributed by atoms with van der Waals surface area (Å²) in [6.45, 7) is 2.00. The minimum Gasteiger partial charge on any atom is -0.325 e. The maximum Gasteiger partial charge on any atom is 0.306 e. The molecule has 0 spiro atoms. The zero-order chi connectivity index (χ0) is 20.5. The highest BCUT2D eigenvalue weighted by atomic mass is 32.2. The zero-order valence-electron chi connectivity index (χ0n) is 15.1. The van der Waals surface area contributed by atoms with Gasteiger partial charge in [-0.2, -0.15) is 4.39 Å². The largest absolute Gasteiger partial charge is 0.325 e. The van der Waals surface area contributed by atoms with Crippen LogP contribution in [0.5, 0.6) is 0 Å². The van der Waals surface area contributed by atoms with Gasteiger partial charge in [-0.05, 0) is 36.8 Å². The predicted molar refractivity (Wildman–Crippen MR) is 108 cm³/mol. The van der Waals surface area contributed by atoms with Crippen LogP contribution in [-0.4, -0.2) is 31.2 Å². The topological polar surface area (TPSA) is 102 Å². The molecule has 0 saturated carbocycles. The molecule has 29 heavy (non-hydrogen) atoms. The Hall–Kier alpha value is -3.53. The number of anilines is 1. The monoisotopic (exact) mass is 411 g/mol. The van der Waals surface area contributed by atoms with Gasteiger partial charge in [0.2, 0.25) is 11.7 Å². The van der Waals surface area contributed by atoms with Gasteiger partial charge in [-0.25, -0.2) is 0 Å². The normalized spacial score (nSPS) is 11.1. The fraction of sp³-hybridized carbons (Fsp3) is 0.105. The highest BCUT2D eigenvalue weighted by molar-refractivity contribution is 7.99. The van der Waals surface area contributed by atoms with Crippen LogP contribution in [0.15, 0.2) is 53.7 Å². The summed E-state index contributed by atoms with van der Waals surface area (Å²) in [5.74, 6) is -1.35. The number of hydrogen-bond acceptors (Lipinski definition) is 6. The van der Waals surface area contributed by atoms with Crippen molar-refractivity contribution in [3.63, 3.8) is 0 Å². The first-order valence-corrected chi connectivity index (χ1v) is 9.52. The molecule has 0 unspecified atom stereocenters. The number of pyridine rings is 1. The van der Waals surface area contributed by atoms with E-state index in [9.17, 15) is 19.3 Å². The molecule has 146 valence electrons. The maximum atomic E-state index is 13.4. The number of nitrogens with one attached hydrogen (secondary N) is 1. The van der Waals surface area contributed by atoms with Gasteiger partial charge in [-0.1, -0.05) is 30.0 Å². The Labute approximate surface area is 167 Å². The number of rotatable bonds is 5. The van der Waals surface area contributed by atoms with Crippen molar-refractivity contribution in [1.29, 1.82) is 0 Å². The molecule has 0 aliphatic rings. The van der Waals surface area contributed by atoms with Crippen molar-refractivity contribution in [2.45, 2.75) is 12.1 Å². The Bertz CT molecular complexity index is 1270. The lowest BCUT2D eigenvalue weighted by atomic mass is 10.1. The minimum absolute atomic E-state index is 0.00811. The molecular weight excluding hydrogens is 397 g/mol. The number of nitro groups is 1. The number of carbonyl (C=O) groups is 1. The van der Waals surface area contributed by atoms with Crippen LogP contribution in [0.3, 0.4) is 0 Å². The van der Waals surface area contributed by atoms with E-state index in [-0.39, 0.29) is 11.4 Å². The van der Waals surface area contributed by atoms with Crippen LogP contribution in [0.2, 0.25) is 0 Å². The molecule has 1 N–H and O–H groups in total. The van der Waals surface area contributed by atoms with E-state index in [0.29, 0.717) is 10.8 Å². The van der Waals surface area contributed by atoms with Gasteiger partial charge in [0.15, 0.2) is 10.8 Å². The van der Waals surface area contributed by atoms with Crippen molar-refractivity contribution in [1.82, 2.24) is 14.6 Å². The third-order valence-electron chi connectivity index (χ3n) is 4.33. The van der Waals surface area contributed by atoms with Crippen molar-refractivity contribution in [2.24, 2.45) is 0 Å². The molecule has 0 bridgehead atoms. The van der Waals surface area contributed by atoms with Gasteiger partial charge in [-0.3, -0.25) is 19.3 Å². The Morgan fingerprint density at radius 3 is 2.83 bits per heavy atom. The third kappa shape index (κ3) is 3.61. The fourth-order valence-corrected chi connectivity index (χ4v) is 3.78. The average molecular weight is 411 g/mol. The molecule has 0 atom stereocenters. The second kappa shape index (κ2) is 7.47. The highest BCUT2D eigenvalue weighted by Crippen LogP contribution is 2.26. The average Bonchev–Trinajstić information content (AvgIpc) is 3.11. The van der Waals surface area contributed by atoms with Crippen molar-refractivity contribution < 1.29 is 14.1 Å². The van der Waals surface area contributed by atoms with E-state index in [1.165, 1.54) is 17.8 Å². The van der Waals surface area contributed by atoms with Crippen molar-refractivity contribution >= 4 is 45.6 Å². The highest BCUT2D eigenvalue weighted by Gasteiger charge is 2.16. The van der Waals surface area contributed by atoms with E-state index in [1.54, 1.807) is 0 Å². The lowest BCUT2D eigenvalue weighted by molar-refractivity contribution is -0.387. The third-order valence-corrected chi connectivity index (χ3v) is 5.26. The summed E-state index contributed by atoms with van der Waals surface area (Å²) >= 11 is 1.19. The summed E-state index contributed by atoms with van der Waals surface area (Å²) in [7, 11) is 0. The van der Waals surface area contributed by atoms with E-state index < -0.39 is 22.3 Å². The van der Waals surface area contributed by atoms with Crippen molar-refractivity contribution in [2.75, 3.05) is 11.1 Å². The summed E-state index contributed by atoms with van der Waals surface area (Å²) in [5.41, 5.74) is 2.15. The molecule has 0 fully saturated rings. The quantitative estimate of drug-likeness (QED) is 0.303. The summed E-state index contributed by atoms with van der Waals surface area (Å²) < 4.78 is 15.3. The smallest absolute Gasteiger partial charge is 0.306 e. The van der Waals surface area contributed by atoms with E-state index in [2.05, 4.69) is 15.5 Å². The molecule has 4 rings (SSSR count). The van der Waals surface area contributed by atoms with Crippen LogP contribution in [0, 0.1) is 22.9 Å². The number of nitrogens with zero attached hydrogens (tertiary/aromatic N) is 4. The first-order chi connectivity index (χ1) is 13.9. The lowest BCUT2D eigenvalue weighted by Crippen LogP contribution is -2.14. The van der Waals surface area contributed by atoms with Gasteiger partial charge < -0.3 is 5.32 Å². The van der Waals surface area contributed by atoms with Crippen LogP contribution < -0.4 is 5.32 Å². The molecular formula is C19H14FN5O3S. The number of para-hydroxylation sites is 1. The molecule has 2 heterocycles. The molecule has 1 amide bonds. The predicted octanol–water partition coefficient (Wildman–Crippen LogP) is 3.97. The summed E-state index contributed by atoms with van der Waals surface area (Å²) in [6.07, 6.45) is 0. The SMILES string of the molecule is Cc1cc2nnc(SCC(=O)Nc3ccc(F)c([N+](=O)[O-])c3)n2c2ccccc12. The van der Waals surface area contributed by atoms with Crippen LogP contribution in [0.25, 0.3) is 16.6 Å². The molecule has 0 radical (unpaired) electrons. The summed E-state index contributed by atoms with van der Waals surface area (Å²) in [5, 5.41) is 23.3. The number of benzene rings is 2. The van der Waals surface area contributed by atoms with Gasteiger partial charge in [0.05, 0.1) is 16.2 Å². The first-order valence-electron chi connectivity index (χ1n) is 8.54. The molecule has 2 aromatic heterocycles. The molecule has 2 aromatic carbocycles. The molecule has 0 aliphatic carbocycles. The fourth-order valence-electron chi connectivity index (χ4n) is 3.03. The standard InChI is InChI=1S/C19H14FN5O3S/c1-11-8-17-22-23-19(24(17)15-5-3-2-4-13(11)15)29-10-18(26)21-12-6-7-14(20)16(9-12)25(27)28/h2-9H,10H2,1H3,(H,21,26). The summed E-state index contributed by atoms with van der Waals surface area (Å²) in [4.78, 5) is 22.3. The van der Waals surface area contributed by atoms with Gasteiger partial charge in [0, 0.05) is 17.1 Å². The first kappa shape index (κ1) is 18.8. The number of carbonyl (C=O) groups excluding carboxylic acids is 1. The van der Waals surface area contributed by atoms with E-state index >= 15 is 0 Å². The molecule has 0 saturated heterocycles. The number of nitro benzene ring substituents is 1. The van der Waals surface area contributed by atoms with E-state index in [1.807, 2.05) is 41.7 Å². The number of halogens is 1. The lowest BCUT2D eigenvalue weighted by Gasteiger charge is -2.08. The Balaban J connectivity index is 1.54. The van der Waals surface area contributed by atoms with Gasteiger partial charge in [0.25, 0.3) is 0 Å². The van der Waals surface area contributed by atoms with Crippen LogP contribution in [-0.2, 0) is 4.79 Å². The molecule has 4 aromatic rings. The summed E-state index contributed by atoms with van der Waals surface area (Å²) in [6, 6.07) is 13.0. The number of fused-ring (bicyclic) bond motifs is 3. The number of aromatic nitrogens is 3. The molecule has 0 aliphatic heterocycles. The number of amides is 1. The second-order valence-corrected chi connectivity index (χ2v) is 7.22. The van der Waals surface area contributed by atoms with E-state index in [4.69, 9.17) is 0 Å². The van der Waals surface area contributed by atoms with E-state index in [0.717, 1.165) is 28.6 Å². The molecule has 8 nitrogen and oxygen atoms in total. The minimum atomic E-state index is -0.959. The maximum absolute atomic E-state index is 13.4.